The molecule has 0 fully saturated rings. The van der Waals surface area contributed by atoms with Gasteiger partial charge in [0.1, 0.15) is 0 Å². The molecule has 5 heteroatoms. The second-order valence-electron chi connectivity index (χ2n) is 5.30. The Labute approximate surface area is 128 Å². The molecule has 0 atom stereocenters. The molecular formula is C17H18N4O. The van der Waals surface area contributed by atoms with Gasteiger partial charge < -0.3 is 4.98 Å². The topological polar surface area (TPSA) is 60.8 Å². The number of pyridine rings is 1. The molecule has 22 heavy (non-hydrogen) atoms. The SMILES string of the molecule is CCCN(C)N=Nc1ccc2c(=O)c3ccccc3[nH]c2c1. The van der Waals surface area contributed by atoms with Crippen molar-refractivity contribution in [3.63, 3.8) is 0 Å². The molecule has 1 heterocycles. The summed E-state index contributed by atoms with van der Waals surface area (Å²) in [6.07, 6.45) is 1.02. The molecule has 0 bridgehead atoms. The Hall–Kier alpha value is -2.69. The highest BCUT2D eigenvalue weighted by atomic mass is 16.1. The maximum atomic E-state index is 12.5. The summed E-state index contributed by atoms with van der Waals surface area (Å²) in [5.41, 5.74) is 2.37. The third kappa shape index (κ3) is 2.70. The molecule has 1 N–H and O–H groups in total. The number of aromatic amines is 1. The fourth-order valence-electron chi connectivity index (χ4n) is 2.47. The fraction of sp³-hybridized carbons (Fsp3) is 0.235. The van der Waals surface area contributed by atoms with Gasteiger partial charge in [-0.3, -0.25) is 9.80 Å². The van der Waals surface area contributed by atoms with E-state index in [0.717, 1.165) is 29.7 Å². The van der Waals surface area contributed by atoms with E-state index in [1.807, 2.05) is 43.4 Å². The predicted octanol–water partition coefficient (Wildman–Crippen LogP) is 4.02. The van der Waals surface area contributed by atoms with E-state index in [2.05, 4.69) is 22.2 Å². The molecule has 112 valence electrons. The average molecular weight is 294 g/mol. The highest BCUT2D eigenvalue weighted by Gasteiger charge is 2.05. The highest BCUT2D eigenvalue weighted by Crippen LogP contribution is 2.20. The largest absolute Gasteiger partial charge is 0.354 e. The van der Waals surface area contributed by atoms with Crippen molar-refractivity contribution in [3.05, 3.63) is 52.7 Å². The molecule has 1 aromatic heterocycles. The number of H-pyrrole nitrogens is 1. The van der Waals surface area contributed by atoms with E-state index in [9.17, 15) is 4.79 Å². The Morgan fingerprint density at radius 3 is 2.68 bits per heavy atom. The van der Waals surface area contributed by atoms with Gasteiger partial charge in [-0.05, 0) is 36.8 Å². The van der Waals surface area contributed by atoms with Crippen LogP contribution in [0.25, 0.3) is 21.8 Å². The molecular weight excluding hydrogens is 276 g/mol. The Morgan fingerprint density at radius 2 is 1.86 bits per heavy atom. The summed E-state index contributed by atoms with van der Waals surface area (Å²) in [5, 5.41) is 11.5. The molecule has 3 aromatic rings. The lowest BCUT2D eigenvalue weighted by atomic mass is 10.1. The van der Waals surface area contributed by atoms with Gasteiger partial charge in [-0.25, -0.2) is 0 Å². The number of fused-ring (bicyclic) bond motifs is 2. The van der Waals surface area contributed by atoms with Crippen LogP contribution in [0, 0.1) is 0 Å². The first kappa shape index (κ1) is 14.3. The van der Waals surface area contributed by atoms with Gasteiger partial charge in [0.25, 0.3) is 0 Å². The number of nitrogens with zero attached hydrogens (tertiary/aromatic N) is 3. The van der Waals surface area contributed by atoms with Crippen LogP contribution >= 0.6 is 0 Å². The monoisotopic (exact) mass is 294 g/mol. The van der Waals surface area contributed by atoms with E-state index < -0.39 is 0 Å². The number of nitrogens with one attached hydrogen (secondary N) is 1. The molecule has 2 aromatic carbocycles. The zero-order chi connectivity index (χ0) is 15.5. The minimum atomic E-state index is 0.0379. The number of hydrogen-bond acceptors (Lipinski definition) is 3. The average Bonchev–Trinajstić information content (AvgIpc) is 2.53. The Balaban J connectivity index is 2.06. The van der Waals surface area contributed by atoms with Crippen LogP contribution < -0.4 is 5.43 Å². The van der Waals surface area contributed by atoms with E-state index in [0.29, 0.717) is 10.8 Å². The smallest absolute Gasteiger partial charge is 0.197 e. The van der Waals surface area contributed by atoms with Crippen LogP contribution in [-0.2, 0) is 0 Å². The van der Waals surface area contributed by atoms with E-state index >= 15 is 0 Å². The van der Waals surface area contributed by atoms with Gasteiger partial charge in [-0.15, -0.1) is 5.11 Å². The molecule has 0 amide bonds. The normalized spacial score (nSPS) is 11.5. The van der Waals surface area contributed by atoms with Gasteiger partial charge in [-0.1, -0.05) is 24.3 Å². The van der Waals surface area contributed by atoms with Crippen molar-refractivity contribution >= 4 is 27.5 Å². The number of hydrogen-bond donors (Lipinski definition) is 1. The summed E-state index contributed by atoms with van der Waals surface area (Å²) in [6, 6.07) is 13.0. The standard InChI is InChI=1S/C17H18N4O/c1-3-10-21(2)20-19-12-8-9-14-16(11-12)18-15-7-5-4-6-13(15)17(14)22/h4-9,11H,3,10H2,1-2H3,(H,18,22). The van der Waals surface area contributed by atoms with Crippen molar-refractivity contribution in [2.24, 2.45) is 10.3 Å². The molecule has 0 aliphatic heterocycles. The van der Waals surface area contributed by atoms with Crippen LogP contribution in [0.15, 0.2) is 57.6 Å². The van der Waals surface area contributed by atoms with Gasteiger partial charge in [0, 0.05) is 29.9 Å². The Kier molecular flexibility index (Phi) is 3.87. The lowest BCUT2D eigenvalue weighted by Crippen LogP contribution is -2.10. The van der Waals surface area contributed by atoms with Gasteiger partial charge in [0.2, 0.25) is 0 Å². The van der Waals surface area contributed by atoms with Gasteiger partial charge in [0.15, 0.2) is 5.43 Å². The van der Waals surface area contributed by atoms with E-state index in [1.54, 1.807) is 11.1 Å². The molecule has 0 saturated carbocycles. The van der Waals surface area contributed by atoms with Crippen LogP contribution in [0.4, 0.5) is 5.69 Å². The molecule has 5 nitrogen and oxygen atoms in total. The highest BCUT2D eigenvalue weighted by molar-refractivity contribution is 5.93. The Morgan fingerprint density at radius 1 is 1.09 bits per heavy atom. The van der Waals surface area contributed by atoms with Gasteiger partial charge in [0.05, 0.1) is 11.2 Å². The summed E-state index contributed by atoms with van der Waals surface area (Å²) in [6.45, 7) is 2.95. The molecule has 3 rings (SSSR count). The van der Waals surface area contributed by atoms with E-state index in [4.69, 9.17) is 0 Å². The summed E-state index contributed by atoms with van der Waals surface area (Å²) in [7, 11) is 1.89. The first-order valence-electron chi connectivity index (χ1n) is 7.36. The summed E-state index contributed by atoms with van der Waals surface area (Å²) < 4.78 is 0. The molecule has 0 saturated heterocycles. The zero-order valence-electron chi connectivity index (χ0n) is 12.7. The summed E-state index contributed by atoms with van der Waals surface area (Å²) >= 11 is 0. The third-order valence-electron chi connectivity index (χ3n) is 3.55. The van der Waals surface area contributed by atoms with Crippen LogP contribution in [0.1, 0.15) is 13.3 Å². The van der Waals surface area contributed by atoms with Crippen LogP contribution in [0.2, 0.25) is 0 Å². The van der Waals surface area contributed by atoms with Crippen LogP contribution in [0.3, 0.4) is 0 Å². The van der Waals surface area contributed by atoms with Crippen molar-refractivity contribution in [1.82, 2.24) is 9.99 Å². The second kappa shape index (κ2) is 5.97. The van der Waals surface area contributed by atoms with Gasteiger partial charge >= 0.3 is 0 Å². The minimum Gasteiger partial charge on any atom is -0.354 e. The number of rotatable bonds is 4. The first-order chi connectivity index (χ1) is 10.7. The van der Waals surface area contributed by atoms with E-state index in [-0.39, 0.29) is 5.43 Å². The molecule has 0 unspecified atom stereocenters. The summed E-state index contributed by atoms with van der Waals surface area (Å²) in [4.78, 5) is 15.8. The third-order valence-corrected chi connectivity index (χ3v) is 3.55. The lowest BCUT2D eigenvalue weighted by molar-refractivity contribution is 0.332. The van der Waals surface area contributed by atoms with E-state index in [1.165, 1.54) is 0 Å². The number of para-hydroxylation sites is 1. The molecule has 0 aliphatic rings. The maximum Gasteiger partial charge on any atom is 0.197 e. The van der Waals surface area contributed by atoms with Crippen LogP contribution in [0.5, 0.6) is 0 Å². The van der Waals surface area contributed by atoms with Crippen molar-refractivity contribution in [1.29, 1.82) is 0 Å². The van der Waals surface area contributed by atoms with Crippen LogP contribution in [-0.4, -0.2) is 23.6 Å². The van der Waals surface area contributed by atoms with Crippen molar-refractivity contribution in [2.45, 2.75) is 13.3 Å². The summed E-state index contributed by atoms with van der Waals surface area (Å²) in [5.74, 6) is 0. The quantitative estimate of drug-likeness (QED) is 0.449. The van der Waals surface area contributed by atoms with Crippen molar-refractivity contribution in [3.8, 4) is 0 Å². The second-order valence-corrected chi connectivity index (χ2v) is 5.30. The molecule has 0 spiro atoms. The first-order valence-corrected chi connectivity index (χ1v) is 7.36. The zero-order valence-corrected chi connectivity index (χ0v) is 12.7. The fourth-order valence-corrected chi connectivity index (χ4v) is 2.47. The number of benzene rings is 2. The molecule has 0 aliphatic carbocycles. The van der Waals surface area contributed by atoms with Crippen molar-refractivity contribution in [2.75, 3.05) is 13.6 Å². The maximum absolute atomic E-state index is 12.5. The number of aromatic nitrogens is 1. The lowest BCUT2D eigenvalue weighted by Gasteiger charge is -2.08. The minimum absolute atomic E-state index is 0.0379. The Bertz CT molecular complexity index is 898. The predicted molar refractivity (Wildman–Crippen MR) is 89.5 cm³/mol. The van der Waals surface area contributed by atoms with Crippen molar-refractivity contribution < 1.29 is 0 Å². The van der Waals surface area contributed by atoms with Gasteiger partial charge in [-0.2, -0.15) is 0 Å². The molecule has 0 radical (unpaired) electrons.